The molecule has 1 atom stereocenters. The molecular weight excluding hydrogens is 400 g/mol. The summed E-state index contributed by atoms with van der Waals surface area (Å²) in [6, 6.07) is 9.87. The summed E-state index contributed by atoms with van der Waals surface area (Å²) in [7, 11) is 0. The molecule has 8 nitrogen and oxygen atoms in total. The van der Waals surface area contributed by atoms with Crippen LogP contribution < -0.4 is 5.32 Å². The second-order valence-electron chi connectivity index (χ2n) is 6.96. The maximum atomic E-state index is 12.5. The van der Waals surface area contributed by atoms with Crippen LogP contribution in [0.3, 0.4) is 0 Å². The predicted octanol–water partition coefficient (Wildman–Crippen LogP) is 3.16. The Bertz CT molecular complexity index is 932. The zero-order chi connectivity index (χ0) is 21.5. The first-order valence-electron chi connectivity index (χ1n) is 10.1. The van der Waals surface area contributed by atoms with Crippen LogP contribution in [-0.4, -0.2) is 56.4 Å². The molecule has 9 heteroatoms. The minimum atomic E-state index is -0.0697. The van der Waals surface area contributed by atoms with Crippen molar-refractivity contribution in [3.63, 3.8) is 0 Å². The quantitative estimate of drug-likeness (QED) is 0.496. The van der Waals surface area contributed by atoms with Crippen molar-refractivity contribution in [3.8, 4) is 5.69 Å². The fourth-order valence-electron chi connectivity index (χ4n) is 3.50. The molecule has 0 fully saturated rings. The molecular formula is C21H28N6O2S. The molecule has 2 aromatic heterocycles. The molecule has 0 spiro atoms. The first kappa shape index (κ1) is 22.0. The van der Waals surface area contributed by atoms with E-state index in [0.29, 0.717) is 11.7 Å². The van der Waals surface area contributed by atoms with Gasteiger partial charge in [0.2, 0.25) is 11.1 Å². The van der Waals surface area contributed by atoms with Gasteiger partial charge in [-0.3, -0.25) is 9.69 Å². The lowest BCUT2D eigenvalue weighted by Crippen LogP contribution is -2.38. The Labute approximate surface area is 181 Å². The third-order valence-electron chi connectivity index (χ3n) is 5.04. The summed E-state index contributed by atoms with van der Waals surface area (Å²) in [5.41, 5.74) is 3.10. The van der Waals surface area contributed by atoms with E-state index >= 15 is 0 Å². The Morgan fingerprint density at radius 3 is 2.57 bits per heavy atom. The maximum Gasteiger partial charge on any atom is 0.230 e. The molecule has 1 amide bonds. The number of nitrogens with one attached hydrogen (secondary N) is 1. The topological polar surface area (TPSA) is 89.1 Å². The third-order valence-corrected chi connectivity index (χ3v) is 5.96. The molecule has 0 bridgehead atoms. The van der Waals surface area contributed by atoms with E-state index < -0.39 is 0 Å². The molecule has 1 aromatic carbocycles. The number of furan rings is 1. The Morgan fingerprint density at radius 1 is 1.20 bits per heavy atom. The first-order chi connectivity index (χ1) is 14.5. The van der Waals surface area contributed by atoms with Gasteiger partial charge in [-0.2, -0.15) is 4.68 Å². The van der Waals surface area contributed by atoms with Gasteiger partial charge in [0, 0.05) is 6.54 Å². The number of rotatable bonds is 10. The fourth-order valence-corrected chi connectivity index (χ4v) is 4.20. The molecule has 3 aromatic rings. The minimum absolute atomic E-state index is 0.00360. The Morgan fingerprint density at radius 2 is 1.93 bits per heavy atom. The number of benzene rings is 1. The number of para-hydroxylation sites is 1. The largest absolute Gasteiger partial charge is 0.468 e. The molecule has 0 aliphatic heterocycles. The normalized spacial score (nSPS) is 12.3. The summed E-state index contributed by atoms with van der Waals surface area (Å²) < 4.78 is 7.29. The van der Waals surface area contributed by atoms with Gasteiger partial charge in [0.1, 0.15) is 5.76 Å². The highest BCUT2D eigenvalue weighted by atomic mass is 32.2. The molecule has 160 valence electrons. The summed E-state index contributed by atoms with van der Waals surface area (Å²) in [5, 5.41) is 15.6. The first-order valence-corrected chi connectivity index (χ1v) is 11.1. The average Bonchev–Trinajstić information content (AvgIpc) is 3.42. The van der Waals surface area contributed by atoms with Crippen molar-refractivity contribution in [3.05, 3.63) is 53.5 Å². The average molecular weight is 429 g/mol. The smallest absolute Gasteiger partial charge is 0.230 e. The molecule has 0 aliphatic carbocycles. The predicted molar refractivity (Wildman–Crippen MR) is 117 cm³/mol. The van der Waals surface area contributed by atoms with Crippen molar-refractivity contribution < 1.29 is 9.21 Å². The van der Waals surface area contributed by atoms with Crippen molar-refractivity contribution in [1.82, 2.24) is 30.4 Å². The van der Waals surface area contributed by atoms with E-state index in [-0.39, 0.29) is 17.7 Å². The van der Waals surface area contributed by atoms with Crippen LogP contribution in [0.15, 0.2) is 46.2 Å². The van der Waals surface area contributed by atoms with Crippen molar-refractivity contribution in [2.24, 2.45) is 0 Å². The summed E-state index contributed by atoms with van der Waals surface area (Å²) >= 11 is 1.32. The number of tetrazole rings is 1. The lowest BCUT2D eigenvalue weighted by atomic mass is 10.1. The number of likely N-dealkylation sites (N-methyl/N-ethyl adjacent to an activating group) is 1. The maximum absolute atomic E-state index is 12.5. The van der Waals surface area contributed by atoms with Crippen LogP contribution in [0.4, 0.5) is 0 Å². The molecule has 0 aliphatic rings. The number of amides is 1. The van der Waals surface area contributed by atoms with Crippen LogP contribution in [-0.2, 0) is 4.79 Å². The number of hydrogen-bond acceptors (Lipinski definition) is 7. The van der Waals surface area contributed by atoms with E-state index in [1.807, 2.05) is 44.2 Å². The van der Waals surface area contributed by atoms with E-state index in [4.69, 9.17) is 4.42 Å². The van der Waals surface area contributed by atoms with Crippen LogP contribution in [0.25, 0.3) is 5.69 Å². The van der Waals surface area contributed by atoms with Gasteiger partial charge in [-0.1, -0.05) is 43.8 Å². The van der Waals surface area contributed by atoms with Gasteiger partial charge in [-0.15, -0.1) is 5.10 Å². The molecule has 3 rings (SSSR count). The van der Waals surface area contributed by atoms with Crippen molar-refractivity contribution in [1.29, 1.82) is 0 Å². The van der Waals surface area contributed by atoms with E-state index in [9.17, 15) is 4.79 Å². The van der Waals surface area contributed by atoms with Gasteiger partial charge < -0.3 is 9.73 Å². The zero-order valence-electron chi connectivity index (χ0n) is 17.8. The van der Waals surface area contributed by atoms with Gasteiger partial charge in [0.25, 0.3) is 0 Å². The highest BCUT2D eigenvalue weighted by molar-refractivity contribution is 7.99. The summed E-state index contributed by atoms with van der Waals surface area (Å²) in [5.74, 6) is 1.01. The van der Waals surface area contributed by atoms with Gasteiger partial charge in [-0.25, -0.2) is 0 Å². The number of aryl methyl sites for hydroxylation is 2. The fraction of sp³-hybridized carbons (Fsp3) is 0.429. The minimum Gasteiger partial charge on any atom is -0.468 e. The van der Waals surface area contributed by atoms with Crippen molar-refractivity contribution in [2.75, 3.05) is 25.4 Å². The standard InChI is InChI=1S/C21H28N6O2S/c1-5-26(6-2)17(18-11-8-12-29-18)13-22-19(28)14-30-21-23-24-25-27(21)20-15(3)9-7-10-16(20)4/h7-12,17H,5-6,13-14H2,1-4H3,(H,22,28)/t17-/m1/s1. The molecule has 0 saturated heterocycles. The molecule has 1 N–H and O–H groups in total. The van der Waals surface area contributed by atoms with Crippen LogP contribution in [0.5, 0.6) is 0 Å². The molecule has 0 saturated carbocycles. The molecule has 2 heterocycles. The van der Waals surface area contributed by atoms with E-state index in [1.54, 1.807) is 10.9 Å². The molecule has 0 radical (unpaired) electrons. The Kier molecular flexibility index (Phi) is 7.64. The van der Waals surface area contributed by atoms with Gasteiger partial charge in [0.05, 0.1) is 23.7 Å². The lowest BCUT2D eigenvalue weighted by molar-refractivity contribution is -0.118. The van der Waals surface area contributed by atoms with Crippen molar-refractivity contribution in [2.45, 2.75) is 38.9 Å². The number of hydrogen-bond donors (Lipinski definition) is 1. The van der Waals surface area contributed by atoms with E-state index in [2.05, 4.69) is 39.6 Å². The van der Waals surface area contributed by atoms with Gasteiger partial charge in [-0.05, 0) is 60.6 Å². The number of aromatic nitrogens is 4. The van der Waals surface area contributed by atoms with Crippen LogP contribution in [0.1, 0.15) is 36.8 Å². The number of carbonyl (C=O) groups is 1. The summed E-state index contributed by atoms with van der Waals surface area (Å²) in [6.45, 7) is 10.5. The monoisotopic (exact) mass is 428 g/mol. The summed E-state index contributed by atoms with van der Waals surface area (Å²) in [4.78, 5) is 14.8. The van der Waals surface area contributed by atoms with Gasteiger partial charge >= 0.3 is 0 Å². The number of carbonyl (C=O) groups excluding carboxylic acids is 1. The van der Waals surface area contributed by atoms with E-state index in [0.717, 1.165) is 35.7 Å². The molecule has 0 unspecified atom stereocenters. The highest BCUT2D eigenvalue weighted by Crippen LogP contribution is 2.24. The SMILES string of the molecule is CCN(CC)[C@H](CNC(=O)CSc1nnnn1-c1c(C)cccc1C)c1ccco1. The zero-order valence-corrected chi connectivity index (χ0v) is 18.6. The Balaban J connectivity index is 1.62. The van der Waals surface area contributed by atoms with Gasteiger partial charge in [0.15, 0.2) is 0 Å². The third kappa shape index (κ3) is 5.09. The second-order valence-corrected chi connectivity index (χ2v) is 7.90. The lowest BCUT2D eigenvalue weighted by Gasteiger charge is -2.28. The Hall–Kier alpha value is -2.65. The van der Waals surface area contributed by atoms with Crippen LogP contribution >= 0.6 is 11.8 Å². The number of thioether (sulfide) groups is 1. The van der Waals surface area contributed by atoms with Crippen LogP contribution in [0.2, 0.25) is 0 Å². The van der Waals surface area contributed by atoms with Crippen LogP contribution in [0, 0.1) is 13.8 Å². The highest BCUT2D eigenvalue weighted by Gasteiger charge is 2.21. The second kappa shape index (κ2) is 10.4. The molecule has 30 heavy (non-hydrogen) atoms. The summed E-state index contributed by atoms with van der Waals surface area (Å²) in [6.07, 6.45) is 1.66. The number of nitrogens with zero attached hydrogens (tertiary/aromatic N) is 5. The van der Waals surface area contributed by atoms with Crippen molar-refractivity contribution >= 4 is 17.7 Å². The van der Waals surface area contributed by atoms with E-state index in [1.165, 1.54) is 11.8 Å².